The van der Waals surface area contributed by atoms with Crippen molar-refractivity contribution in [2.24, 2.45) is 0 Å². The second-order valence-corrected chi connectivity index (χ2v) is 5.03. The van der Waals surface area contributed by atoms with Gasteiger partial charge in [-0.05, 0) is 25.1 Å². The van der Waals surface area contributed by atoms with E-state index in [4.69, 9.17) is 0 Å². The van der Waals surface area contributed by atoms with E-state index in [0.29, 0.717) is 10.7 Å². The Morgan fingerprint density at radius 1 is 1.50 bits per heavy atom. The molecule has 82 valence electrons. The summed E-state index contributed by atoms with van der Waals surface area (Å²) in [6.45, 7) is 1.95. The average molecular weight is 250 g/mol. The number of hydrogen-bond acceptors (Lipinski definition) is 4. The Balaban J connectivity index is 2.14. The standard InChI is InChI=1S/C11H10N2OS2/c1-7-6-12-11(16-7)13-10(14)8-3-2-4-9(15)5-8/h2-6,15H,1H3,(H,12,13,14). The Morgan fingerprint density at radius 3 is 2.94 bits per heavy atom. The van der Waals surface area contributed by atoms with Gasteiger partial charge in [0.1, 0.15) is 0 Å². The fourth-order valence-corrected chi connectivity index (χ4v) is 2.11. The van der Waals surface area contributed by atoms with Crippen LogP contribution in [0.2, 0.25) is 0 Å². The molecule has 0 spiro atoms. The fourth-order valence-electron chi connectivity index (χ4n) is 1.23. The molecule has 16 heavy (non-hydrogen) atoms. The van der Waals surface area contributed by atoms with Crippen LogP contribution in [-0.4, -0.2) is 10.9 Å². The van der Waals surface area contributed by atoms with Gasteiger partial charge in [-0.25, -0.2) is 4.98 Å². The normalized spacial score (nSPS) is 10.1. The number of thiol groups is 1. The summed E-state index contributed by atoms with van der Waals surface area (Å²) in [7, 11) is 0. The van der Waals surface area contributed by atoms with Crippen LogP contribution in [0, 0.1) is 6.92 Å². The molecule has 0 unspecified atom stereocenters. The molecule has 1 amide bonds. The number of carbonyl (C=O) groups is 1. The molecule has 5 heteroatoms. The molecule has 0 saturated carbocycles. The number of rotatable bonds is 2. The first-order chi connectivity index (χ1) is 7.65. The summed E-state index contributed by atoms with van der Waals surface area (Å²) in [5, 5.41) is 3.36. The molecule has 0 aliphatic carbocycles. The van der Waals surface area contributed by atoms with E-state index in [-0.39, 0.29) is 5.91 Å². The van der Waals surface area contributed by atoms with Crippen molar-refractivity contribution in [2.75, 3.05) is 5.32 Å². The van der Waals surface area contributed by atoms with E-state index in [1.165, 1.54) is 11.3 Å². The number of amides is 1. The predicted molar refractivity (Wildman–Crippen MR) is 68.5 cm³/mol. The van der Waals surface area contributed by atoms with Gasteiger partial charge < -0.3 is 0 Å². The van der Waals surface area contributed by atoms with Gasteiger partial charge in [0, 0.05) is 21.5 Å². The summed E-state index contributed by atoms with van der Waals surface area (Å²) in [5.74, 6) is -0.162. The van der Waals surface area contributed by atoms with E-state index in [2.05, 4.69) is 22.9 Å². The van der Waals surface area contributed by atoms with Crippen molar-refractivity contribution in [3.05, 3.63) is 40.9 Å². The van der Waals surface area contributed by atoms with E-state index in [1.54, 1.807) is 24.4 Å². The molecule has 0 fully saturated rings. The van der Waals surface area contributed by atoms with E-state index in [9.17, 15) is 4.79 Å². The number of carbonyl (C=O) groups excluding carboxylic acids is 1. The molecule has 1 N–H and O–H groups in total. The van der Waals surface area contributed by atoms with Gasteiger partial charge in [0.05, 0.1) is 0 Å². The quantitative estimate of drug-likeness (QED) is 0.805. The topological polar surface area (TPSA) is 42.0 Å². The van der Waals surface area contributed by atoms with Crippen molar-refractivity contribution >= 4 is 35.0 Å². The van der Waals surface area contributed by atoms with Crippen molar-refractivity contribution < 1.29 is 4.79 Å². The van der Waals surface area contributed by atoms with Crippen LogP contribution in [0.5, 0.6) is 0 Å². The van der Waals surface area contributed by atoms with Crippen LogP contribution in [0.15, 0.2) is 35.4 Å². The third-order valence-electron chi connectivity index (χ3n) is 1.95. The minimum Gasteiger partial charge on any atom is -0.298 e. The Morgan fingerprint density at radius 2 is 2.31 bits per heavy atom. The highest BCUT2D eigenvalue weighted by Crippen LogP contribution is 2.18. The first-order valence-corrected chi connectivity index (χ1v) is 5.94. The number of nitrogens with one attached hydrogen (secondary N) is 1. The maximum atomic E-state index is 11.8. The van der Waals surface area contributed by atoms with E-state index in [1.807, 2.05) is 13.0 Å². The lowest BCUT2D eigenvalue weighted by Gasteiger charge is -2.01. The van der Waals surface area contributed by atoms with Gasteiger partial charge in [-0.15, -0.1) is 24.0 Å². The second-order valence-electron chi connectivity index (χ2n) is 3.28. The summed E-state index contributed by atoms with van der Waals surface area (Å²) < 4.78 is 0. The van der Waals surface area contributed by atoms with Crippen LogP contribution in [0.4, 0.5) is 5.13 Å². The summed E-state index contributed by atoms with van der Waals surface area (Å²) in [6, 6.07) is 7.09. The molecule has 0 aliphatic heterocycles. The summed E-state index contributed by atoms with van der Waals surface area (Å²) in [5.41, 5.74) is 0.584. The molecule has 2 aromatic rings. The predicted octanol–water partition coefficient (Wildman–Crippen LogP) is 2.99. The maximum absolute atomic E-state index is 11.8. The first kappa shape index (κ1) is 11.2. The third-order valence-corrected chi connectivity index (χ3v) is 3.06. The molecule has 1 heterocycles. The number of benzene rings is 1. The monoisotopic (exact) mass is 250 g/mol. The zero-order valence-electron chi connectivity index (χ0n) is 8.60. The van der Waals surface area contributed by atoms with Crippen molar-refractivity contribution in [3.8, 4) is 0 Å². The Hall–Kier alpha value is -1.33. The van der Waals surface area contributed by atoms with Crippen LogP contribution in [0.1, 0.15) is 15.2 Å². The van der Waals surface area contributed by atoms with Crippen LogP contribution >= 0.6 is 24.0 Å². The lowest BCUT2D eigenvalue weighted by Crippen LogP contribution is -2.11. The zero-order valence-corrected chi connectivity index (χ0v) is 10.3. The van der Waals surface area contributed by atoms with Gasteiger partial charge in [-0.1, -0.05) is 6.07 Å². The molecule has 0 radical (unpaired) electrons. The minimum atomic E-state index is -0.162. The van der Waals surface area contributed by atoms with Crippen LogP contribution in [-0.2, 0) is 0 Å². The number of aromatic nitrogens is 1. The number of aryl methyl sites for hydroxylation is 1. The van der Waals surface area contributed by atoms with Crippen LogP contribution in [0.25, 0.3) is 0 Å². The summed E-state index contributed by atoms with van der Waals surface area (Å²) >= 11 is 5.64. The van der Waals surface area contributed by atoms with Crippen molar-refractivity contribution in [1.82, 2.24) is 4.98 Å². The molecular weight excluding hydrogens is 240 g/mol. The highest BCUT2D eigenvalue weighted by atomic mass is 32.1. The van der Waals surface area contributed by atoms with E-state index < -0.39 is 0 Å². The Bertz CT molecular complexity index is 522. The Labute approximate surface area is 103 Å². The first-order valence-electron chi connectivity index (χ1n) is 4.68. The Kier molecular flexibility index (Phi) is 3.26. The SMILES string of the molecule is Cc1cnc(NC(=O)c2cccc(S)c2)s1. The van der Waals surface area contributed by atoms with Gasteiger partial charge >= 0.3 is 0 Å². The van der Waals surface area contributed by atoms with E-state index >= 15 is 0 Å². The highest BCUT2D eigenvalue weighted by Gasteiger charge is 2.07. The minimum absolute atomic E-state index is 0.162. The van der Waals surface area contributed by atoms with Gasteiger partial charge in [0.2, 0.25) is 0 Å². The van der Waals surface area contributed by atoms with Crippen molar-refractivity contribution in [2.45, 2.75) is 11.8 Å². The molecular formula is C11H10N2OS2. The third kappa shape index (κ3) is 2.62. The molecule has 0 aliphatic rings. The number of thiazole rings is 1. The second kappa shape index (κ2) is 4.67. The van der Waals surface area contributed by atoms with E-state index in [0.717, 1.165) is 9.77 Å². The fraction of sp³-hybridized carbons (Fsp3) is 0.0909. The highest BCUT2D eigenvalue weighted by molar-refractivity contribution is 7.80. The average Bonchev–Trinajstić information content (AvgIpc) is 2.64. The number of hydrogen-bond donors (Lipinski definition) is 2. The lowest BCUT2D eigenvalue weighted by atomic mass is 10.2. The number of nitrogens with zero attached hydrogens (tertiary/aromatic N) is 1. The van der Waals surface area contributed by atoms with Crippen LogP contribution < -0.4 is 5.32 Å². The number of anilines is 1. The molecule has 1 aromatic heterocycles. The molecule has 0 bridgehead atoms. The van der Waals surface area contributed by atoms with Gasteiger partial charge in [-0.2, -0.15) is 0 Å². The molecule has 2 rings (SSSR count). The molecule has 3 nitrogen and oxygen atoms in total. The molecule has 1 aromatic carbocycles. The summed E-state index contributed by atoms with van der Waals surface area (Å²) in [6.07, 6.45) is 1.73. The zero-order chi connectivity index (χ0) is 11.5. The van der Waals surface area contributed by atoms with Crippen LogP contribution in [0.3, 0.4) is 0 Å². The molecule has 0 atom stereocenters. The van der Waals surface area contributed by atoms with Crippen molar-refractivity contribution in [3.63, 3.8) is 0 Å². The smallest absolute Gasteiger partial charge is 0.257 e. The van der Waals surface area contributed by atoms with Gasteiger partial charge in [-0.3, -0.25) is 10.1 Å². The summed E-state index contributed by atoms with van der Waals surface area (Å²) in [4.78, 5) is 17.7. The largest absolute Gasteiger partial charge is 0.298 e. The van der Waals surface area contributed by atoms with Gasteiger partial charge in [0.15, 0.2) is 5.13 Å². The maximum Gasteiger partial charge on any atom is 0.257 e. The molecule has 0 saturated heterocycles. The lowest BCUT2D eigenvalue weighted by molar-refractivity contribution is 0.102. The van der Waals surface area contributed by atoms with Gasteiger partial charge in [0.25, 0.3) is 5.91 Å². The van der Waals surface area contributed by atoms with Crippen molar-refractivity contribution in [1.29, 1.82) is 0 Å².